The molecule has 1 fully saturated rings. The summed E-state index contributed by atoms with van der Waals surface area (Å²) in [6.45, 7) is 4.92. The third-order valence-electron chi connectivity index (χ3n) is 4.24. The number of rotatable bonds is 4. The van der Waals surface area contributed by atoms with Gasteiger partial charge in [0.05, 0.1) is 0 Å². The SMILES string of the molecule is C=CC(=O)N1CCC(Oc2cccc(-c3cccc(O)c3)c2)CC1. The second-order valence-corrected chi connectivity index (χ2v) is 5.92. The van der Waals surface area contributed by atoms with Crippen molar-refractivity contribution in [2.75, 3.05) is 13.1 Å². The first-order valence-corrected chi connectivity index (χ1v) is 8.13. The number of likely N-dealkylation sites (tertiary alicyclic amines) is 1. The zero-order valence-corrected chi connectivity index (χ0v) is 13.5. The fraction of sp³-hybridized carbons (Fsp3) is 0.250. The summed E-state index contributed by atoms with van der Waals surface area (Å²) in [5.74, 6) is 1.04. The number of carbonyl (C=O) groups is 1. The van der Waals surface area contributed by atoms with Crippen molar-refractivity contribution >= 4 is 5.91 Å². The summed E-state index contributed by atoms with van der Waals surface area (Å²) in [5.41, 5.74) is 1.95. The summed E-state index contributed by atoms with van der Waals surface area (Å²) in [5, 5.41) is 9.62. The first-order chi connectivity index (χ1) is 11.7. The predicted octanol–water partition coefficient (Wildman–Crippen LogP) is 3.62. The summed E-state index contributed by atoms with van der Waals surface area (Å²) in [6, 6.07) is 15.0. The number of carbonyl (C=O) groups excluding carboxylic acids is 1. The molecule has 24 heavy (non-hydrogen) atoms. The van der Waals surface area contributed by atoms with Crippen molar-refractivity contribution in [3.05, 3.63) is 61.2 Å². The van der Waals surface area contributed by atoms with Crippen molar-refractivity contribution < 1.29 is 14.6 Å². The minimum atomic E-state index is -0.0145. The van der Waals surface area contributed by atoms with E-state index in [1.165, 1.54) is 6.08 Å². The predicted molar refractivity (Wildman–Crippen MR) is 94.0 cm³/mol. The molecule has 3 rings (SSSR count). The number of piperidine rings is 1. The van der Waals surface area contributed by atoms with Gasteiger partial charge in [-0.3, -0.25) is 4.79 Å². The zero-order valence-electron chi connectivity index (χ0n) is 13.5. The van der Waals surface area contributed by atoms with Gasteiger partial charge in [0.15, 0.2) is 0 Å². The highest BCUT2D eigenvalue weighted by molar-refractivity contribution is 5.87. The van der Waals surface area contributed by atoms with Gasteiger partial charge in [-0.05, 0) is 41.5 Å². The molecule has 2 aromatic carbocycles. The van der Waals surface area contributed by atoms with Crippen LogP contribution in [0.2, 0.25) is 0 Å². The van der Waals surface area contributed by atoms with E-state index < -0.39 is 0 Å². The number of hydrogen-bond acceptors (Lipinski definition) is 3. The third-order valence-corrected chi connectivity index (χ3v) is 4.24. The van der Waals surface area contributed by atoms with E-state index in [9.17, 15) is 9.90 Å². The Morgan fingerprint density at radius 1 is 1.12 bits per heavy atom. The van der Waals surface area contributed by atoms with Gasteiger partial charge >= 0.3 is 0 Å². The first kappa shape index (κ1) is 16.1. The maximum atomic E-state index is 11.6. The van der Waals surface area contributed by atoms with E-state index in [4.69, 9.17) is 4.74 Å². The molecule has 0 unspecified atom stereocenters. The summed E-state index contributed by atoms with van der Waals surface area (Å²) < 4.78 is 6.08. The number of aromatic hydroxyl groups is 1. The van der Waals surface area contributed by atoms with Gasteiger partial charge in [-0.15, -0.1) is 0 Å². The van der Waals surface area contributed by atoms with Crippen molar-refractivity contribution in [2.45, 2.75) is 18.9 Å². The second kappa shape index (κ2) is 7.21. The average molecular weight is 323 g/mol. The molecule has 0 aliphatic carbocycles. The standard InChI is InChI=1S/C20H21NO3/c1-2-20(23)21-11-9-18(10-12-21)24-19-8-4-6-16(14-19)15-5-3-7-17(22)13-15/h2-8,13-14,18,22H,1,9-12H2. The molecule has 1 aliphatic rings. The Hall–Kier alpha value is -2.75. The number of ether oxygens (including phenoxy) is 1. The van der Waals surface area contributed by atoms with Crippen LogP contribution in [0.25, 0.3) is 11.1 Å². The second-order valence-electron chi connectivity index (χ2n) is 5.92. The zero-order chi connectivity index (χ0) is 16.9. The van der Waals surface area contributed by atoms with E-state index in [0.29, 0.717) is 13.1 Å². The van der Waals surface area contributed by atoms with Gasteiger partial charge < -0.3 is 14.7 Å². The van der Waals surface area contributed by atoms with Gasteiger partial charge in [0, 0.05) is 25.9 Å². The lowest BCUT2D eigenvalue weighted by Crippen LogP contribution is -2.41. The lowest BCUT2D eigenvalue weighted by molar-refractivity contribution is -0.127. The van der Waals surface area contributed by atoms with Crippen molar-refractivity contribution in [1.29, 1.82) is 0 Å². The lowest BCUT2D eigenvalue weighted by Gasteiger charge is -2.31. The van der Waals surface area contributed by atoms with Crippen LogP contribution in [0.15, 0.2) is 61.2 Å². The highest BCUT2D eigenvalue weighted by Gasteiger charge is 2.22. The molecule has 0 aromatic heterocycles. The maximum absolute atomic E-state index is 11.6. The van der Waals surface area contributed by atoms with Gasteiger partial charge in [0.25, 0.3) is 0 Å². The Kier molecular flexibility index (Phi) is 4.85. The molecule has 1 heterocycles. The Bertz CT molecular complexity index is 733. The number of benzene rings is 2. The van der Waals surface area contributed by atoms with Crippen LogP contribution in [0.3, 0.4) is 0 Å². The fourth-order valence-corrected chi connectivity index (χ4v) is 2.95. The molecule has 0 bridgehead atoms. The Morgan fingerprint density at radius 2 is 1.79 bits per heavy atom. The maximum Gasteiger partial charge on any atom is 0.245 e. The monoisotopic (exact) mass is 323 g/mol. The Balaban J connectivity index is 1.66. The van der Waals surface area contributed by atoms with Crippen LogP contribution in [0, 0.1) is 0 Å². The molecule has 1 N–H and O–H groups in total. The summed E-state index contributed by atoms with van der Waals surface area (Å²) in [6.07, 6.45) is 3.10. The number of nitrogens with zero attached hydrogens (tertiary/aromatic N) is 1. The highest BCUT2D eigenvalue weighted by atomic mass is 16.5. The molecule has 0 radical (unpaired) electrons. The molecule has 0 spiro atoms. The van der Waals surface area contributed by atoms with Crippen LogP contribution in [-0.4, -0.2) is 35.1 Å². The molecule has 124 valence electrons. The third kappa shape index (κ3) is 3.77. The van der Waals surface area contributed by atoms with Gasteiger partial charge in [-0.2, -0.15) is 0 Å². The lowest BCUT2D eigenvalue weighted by atomic mass is 10.0. The molecule has 0 saturated carbocycles. The largest absolute Gasteiger partial charge is 0.508 e. The minimum absolute atomic E-state index is 0.0145. The van der Waals surface area contributed by atoms with Crippen LogP contribution >= 0.6 is 0 Å². The van der Waals surface area contributed by atoms with Gasteiger partial charge in [0.1, 0.15) is 17.6 Å². The van der Waals surface area contributed by atoms with Gasteiger partial charge in [-0.1, -0.05) is 30.8 Å². The number of phenols is 1. The summed E-state index contributed by atoms with van der Waals surface area (Å²) in [7, 11) is 0. The van der Waals surface area contributed by atoms with E-state index in [1.807, 2.05) is 36.4 Å². The molecule has 1 saturated heterocycles. The first-order valence-electron chi connectivity index (χ1n) is 8.13. The molecular formula is C20H21NO3. The minimum Gasteiger partial charge on any atom is -0.508 e. The van der Waals surface area contributed by atoms with Crippen LogP contribution < -0.4 is 4.74 Å². The molecular weight excluding hydrogens is 302 g/mol. The van der Waals surface area contributed by atoms with Gasteiger partial charge in [-0.25, -0.2) is 0 Å². The molecule has 4 nitrogen and oxygen atoms in total. The Morgan fingerprint density at radius 3 is 2.46 bits per heavy atom. The molecule has 0 atom stereocenters. The fourth-order valence-electron chi connectivity index (χ4n) is 2.95. The molecule has 4 heteroatoms. The normalized spacial score (nSPS) is 15.1. The quantitative estimate of drug-likeness (QED) is 0.874. The topological polar surface area (TPSA) is 49.8 Å². The van der Waals surface area contributed by atoms with Crippen molar-refractivity contribution in [2.24, 2.45) is 0 Å². The molecule has 1 aliphatic heterocycles. The summed E-state index contributed by atoms with van der Waals surface area (Å²) >= 11 is 0. The van der Waals surface area contributed by atoms with Crippen LogP contribution in [0.1, 0.15) is 12.8 Å². The van der Waals surface area contributed by atoms with E-state index in [0.717, 1.165) is 29.7 Å². The average Bonchev–Trinajstić information content (AvgIpc) is 2.62. The van der Waals surface area contributed by atoms with Crippen molar-refractivity contribution in [3.63, 3.8) is 0 Å². The van der Waals surface area contributed by atoms with Crippen molar-refractivity contribution in [1.82, 2.24) is 4.90 Å². The van der Waals surface area contributed by atoms with Crippen LogP contribution in [0.4, 0.5) is 0 Å². The number of amides is 1. The van der Waals surface area contributed by atoms with Crippen LogP contribution in [0.5, 0.6) is 11.5 Å². The summed E-state index contributed by atoms with van der Waals surface area (Å²) in [4.78, 5) is 13.4. The van der Waals surface area contributed by atoms with Crippen LogP contribution in [-0.2, 0) is 4.79 Å². The number of phenolic OH excluding ortho intramolecular Hbond substituents is 1. The van der Waals surface area contributed by atoms with Crippen molar-refractivity contribution in [3.8, 4) is 22.6 Å². The van der Waals surface area contributed by atoms with Gasteiger partial charge in [0.2, 0.25) is 5.91 Å². The number of hydrogen-bond donors (Lipinski definition) is 1. The van der Waals surface area contributed by atoms with E-state index in [1.54, 1.807) is 17.0 Å². The Labute approximate surface area is 142 Å². The smallest absolute Gasteiger partial charge is 0.245 e. The molecule has 1 amide bonds. The van der Waals surface area contributed by atoms with E-state index >= 15 is 0 Å². The highest BCUT2D eigenvalue weighted by Crippen LogP contribution is 2.28. The molecule has 2 aromatic rings. The van der Waals surface area contributed by atoms with E-state index in [-0.39, 0.29) is 17.8 Å². The van der Waals surface area contributed by atoms with E-state index in [2.05, 4.69) is 6.58 Å².